The molecule has 1 unspecified atom stereocenters. The number of hydrogen-bond donors (Lipinski definition) is 2. The summed E-state index contributed by atoms with van der Waals surface area (Å²) >= 11 is 0. The molecular formula is C30H34N2O3. The minimum absolute atomic E-state index is 0.117. The molecule has 2 aliphatic rings. The molecule has 2 N–H and O–H groups in total. The summed E-state index contributed by atoms with van der Waals surface area (Å²) in [6.45, 7) is 10.1. The summed E-state index contributed by atoms with van der Waals surface area (Å²) < 4.78 is 17.8. The van der Waals surface area contributed by atoms with Crippen molar-refractivity contribution in [3.8, 4) is 22.6 Å². The van der Waals surface area contributed by atoms with E-state index in [4.69, 9.17) is 14.2 Å². The van der Waals surface area contributed by atoms with Crippen molar-refractivity contribution in [2.45, 2.75) is 39.3 Å². The Morgan fingerprint density at radius 3 is 2.63 bits per heavy atom. The molecule has 0 amide bonds. The SMILES string of the molecule is COCCNc1cc(C)cc(C2Oc3cccc(OC)c3-c3ccc4c(c32)C(C)=CC(C)(C)N4)c1. The lowest BCUT2D eigenvalue weighted by atomic mass is 9.80. The molecule has 0 spiro atoms. The summed E-state index contributed by atoms with van der Waals surface area (Å²) in [5, 5.41) is 7.19. The van der Waals surface area contributed by atoms with E-state index in [1.807, 2.05) is 18.2 Å². The summed E-state index contributed by atoms with van der Waals surface area (Å²) in [4.78, 5) is 0. The van der Waals surface area contributed by atoms with Gasteiger partial charge in [-0.05, 0) is 80.3 Å². The summed E-state index contributed by atoms with van der Waals surface area (Å²) in [6, 6.07) is 17.0. The zero-order chi connectivity index (χ0) is 24.7. The Kier molecular flexibility index (Phi) is 5.97. The molecule has 0 radical (unpaired) electrons. The molecule has 0 saturated carbocycles. The molecule has 1 atom stereocenters. The van der Waals surface area contributed by atoms with Crippen LogP contribution >= 0.6 is 0 Å². The van der Waals surface area contributed by atoms with Crippen LogP contribution in [-0.4, -0.2) is 32.9 Å². The molecule has 0 bridgehead atoms. The van der Waals surface area contributed by atoms with Gasteiger partial charge in [0.05, 0.1) is 24.8 Å². The first-order valence-electron chi connectivity index (χ1n) is 12.1. The van der Waals surface area contributed by atoms with Crippen LogP contribution in [0.15, 0.2) is 54.6 Å². The van der Waals surface area contributed by atoms with Gasteiger partial charge in [0.25, 0.3) is 0 Å². The standard InChI is InChI=1S/C30H34N2O3/c1-18-14-20(16-21(15-18)31-12-13-33-5)29-28-22(27-24(34-6)8-7-9-25(27)35-29)10-11-23-26(28)19(2)17-30(3,4)32-23/h7-11,14-17,29,31-32H,12-13H2,1-6H3. The van der Waals surface area contributed by atoms with Gasteiger partial charge in [0, 0.05) is 36.2 Å². The van der Waals surface area contributed by atoms with E-state index in [0.29, 0.717) is 6.61 Å². The third kappa shape index (κ3) is 4.25. The zero-order valence-corrected chi connectivity index (χ0v) is 21.4. The number of ether oxygens (including phenoxy) is 3. The van der Waals surface area contributed by atoms with Crippen molar-refractivity contribution in [2.75, 3.05) is 38.0 Å². The quantitative estimate of drug-likeness (QED) is 0.387. The Morgan fingerprint density at radius 1 is 1.03 bits per heavy atom. The van der Waals surface area contributed by atoms with Crippen molar-refractivity contribution in [3.63, 3.8) is 0 Å². The maximum atomic E-state index is 6.80. The highest BCUT2D eigenvalue weighted by molar-refractivity contribution is 5.91. The highest BCUT2D eigenvalue weighted by Gasteiger charge is 2.35. The Morgan fingerprint density at radius 2 is 1.86 bits per heavy atom. The van der Waals surface area contributed by atoms with Crippen LogP contribution in [-0.2, 0) is 4.74 Å². The summed E-state index contributed by atoms with van der Waals surface area (Å²) in [5.74, 6) is 1.65. The van der Waals surface area contributed by atoms with Crippen molar-refractivity contribution in [1.82, 2.24) is 0 Å². The molecule has 0 aliphatic carbocycles. The van der Waals surface area contributed by atoms with Crippen LogP contribution < -0.4 is 20.1 Å². The van der Waals surface area contributed by atoms with Crippen LogP contribution in [0.25, 0.3) is 16.7 Å². The second-order valence-corrected chi connectivity index (χ2v) is 10.0. The van der Waals surface area contributed by atoms with Gasteiger partial charge in [-0.15, -0.1) is 0 Å². The molecule has 0 fully saturated rings. The lowest BCUT2D eigenvalue weighted by Gasteiger charge is -2.37. The maximum Gasteiger partial charge on any atom is 0.150 e. The molecule has 5 heteroatoms. The predicted octanol–water partition coefficient (Wildman–Crippen LogP) is 6.82. The normalized spacial score (nSPS) is 17.2. The van der Waals surface area contributed by atoms with Crippen molar-refractivity contribution in [1.29, 1.82) is 0 Å². The number of allylic oxidation sites excluding steroid dienone is 1. The second-order valence-electron chi connectivity index (χ2n) is 10.0. The van der Waals surface area contributed by atoms with Gasteiger partial charge in [-0.3, -0.25) is 0 Å². The first kappa shape index (κ1) is 23.3. The fraction of sp³-hybridized carbons (Fsp3) is 0.333. The number of aryl methyl sites for hydroxylation is 1. The molecule has 3 aromatic carbocycles. The van der Waals surface area contributed by atoms with Crippen LogP contribution in [0.3, 0.4) is 0 Å². The number of hydrogen-bond acceptors (Lipinski definition) is 5. The summed E-state index contributed by atoms with van der Waals surface area (Å²) in [7, 11) is 3.43. The van der Waals surface area contributed by atoms with Gasteiger partial charge in [0.15, 0.2) is 6.10 Å². The van der Waals surface area contributed by atoms with Gasteiger partial charge in [0.1, 0.15) is 11.5 Å². The largest absolute Gasteiger partial charge is 0.496 e. The number of methoxy groups -OCH3 is 2. The third-order valence-corrected chi connectivity index (χ3v) is 6.70. The maximum absolute atomic E-state index is 6.80. The molecule has 182 valence electrons. The molecule has 5 nitrogen and oxygen atoms in total. The lowest BCUT2D eigenvalue weighted by molar-refractivity contribution is 0.211. The fourth-order valence-corrected chi connectivity index (χ4v) is 5.46. The molecule has 0 aromatic heterocycles. The molecule has 3 aromatic rings. The van der Waals surface area contributed by atoms with Crippen molar-refractivity contribution >= 4 is 16.9 Å². The number of benzene rings is 3. The predicted molar refractivity (Wildman–Crippen MR) is 144 cm³/mol. The van der Waals surface area contributed by atoms with Gasteiger partial charge < -0.3 is 24.8 Å². The van der Waals surface area contributed by atoms with Crippen LogP contribution in [0.5, 0.6) is 11.5 Å². The Labute approximate surface area is 208 Å². The van der Waals surface area contributed by atoms with E-state index in [1.54, 1.807) is 14.2 Å². The van der Waals surface area contributed by atoms with E-state index in [2.05, 4.69) is 74.7 Å². The Balaban J connectivity index is 1.73. The molecule has 2 aliphatic heterocycles. The zero-order valence-electron chi connectivity index (χ0n) is 21.4. The average Bonchev–Trinajstić information content (AvgIpc) is 2.81. The number of rotatable bonds is 6. The number of anilines is 2. The van der Waals surface area contributed by atoms with E-state index in [1.165, 1.54) is 22.3 Å². The molecule has 5 rings (SSSR count). The topological polar surface area (TPSA) is 51.8 Å². The van der Waals surface area contributed by atoms with Crippen LogP contribution in [0, 0.1) is 6.92 Å². The monoisotopic (exact) mass is 470 g/mol. The smallest absolute Gasteiger partial charge is 0.150 e. The van der Waals surface area contributed by atoms with Gasteiger partial charge in [-0.1, -0.05) is 24.3 Å². The van der Waals surface area contributed by atoms with E-state index in [9.17, 15) is 0 Å². The highest BCUT2D eigenvalue weighted by Crippen LogP contribution is 2.53. The van der Waals surface area contributed by atoms with Gasteiger partial charge >= 0.3 is 0 Å². The van der Waals surface area contributed by atoms with Crippen molar-refractivity contribution in [3.05, 3.63) is 76.9 Å². The van der Waals surface area contributed by atoms with Gasteiger partial charge in [-0.2, -0.15) is 0 Å². The molecule has 0 saturated heterocycles. The Bertz CT molecular complexity index is 1310. The van der Waals surface area contributed by atoms with Gasteiger partial charge in [0.2, 0.25) is 0 Å². The molecular weight excluding hydrogens is 436 g/mol. The van der Waals surface area contributed by atoms with Crippen LogP contribution in [0.4, 0.5) is 11.4 Å². The lowest BCUT2D eigenvalue weighted by Crippen LogP contribution is -2.32. The van der Waals surface area contributed by atoms with Crippen LogP contribution in [0.2, 0.25) is 0 Å². The highest BCUT2D eigenvalue weighted by atomic mass is 16.5. The third-order valence-electron chi connectivity index (χ3n) is 6.70. The minimum atomic E-state index is -0.256. The van der Waals surface area contributed by atoms with Crippen LogP contribution in [0.1, 0.15) is 49.1 Å². The summed E-state index contributed by atoms with van der Waals surface area (Å²) in [6.07, 6.45) is 2.05. The summed E-state index contributed by atoms with van der Waals surface area (Å²) in [5.41, 5.74) is 10.2. The molecule has 35 heavy (non-hydrogen) atoms. The fourth-order valence-electron chi connectivity index (χ4n) is 5.46. The Hall–Kier alpha value is -3.44. The number of fused-ring (bicyclic) bond motifs is 5. The average molecular weight is 471 g/mol. The van der Waals surface area contributed by atoms with E-state index in [-0.39, 0.29) is 11.6 Å². The van der Waals surface area contributed by atoms with E-state index < -0.39 is 0 Å². The first-order valence-corrected chi connectivity index (χ1v) is 12.1. The van der Waals surface area contributed by atoms with Crippen molar-refractivity contribution < 1.29 is 14.2 Å². The number of nitrogens with one attached hydrogen (secondary N) is 2. The second kappa shape index (κ2) is 8.97. The van der Waals surface area contributed by atoms with E-state index >= 15 is 0 Å². The molecule has 2 heterocycles. The van der Waals surface area contributed by atoms with E-state index in [0.717, 1.165) is 46.1 Å². The first-order chi connectivity index (χ1) is 16.8. The minimum Gasteiger partial charge on any atom is -0.496 e. The van der Waals surface area contributed by atoms with Crippen molar-refractivity contribution in [2.24, 2.45) is 0 Å². The van der Waals surface area contributed by atoms with Gasteiger partial charge in [-0.25, -0.2) is 0 Å².